The van der Waals surface area contributed by atoms with E-state index in [-0.39, 0.29) is 0 Å². The van der Waals surface area contributed by atoms with E-state index in [1.807, 2.05) is 12.1 Å². The number of nitrogens with one attached hydrogen (secondary N) is 1. The average molecular weight is 281 g/mol. The van der Waals surface area contributed by atoms with Crippen LogP contribution in [-0.2, 0) is 6.61 Å². The van der Waals surface area contributed by atoms with Crippen molar-refractivity contribution >= 4 is 32.5 Å². The molecular weight excluding hydrogens is 270 g/mol. The minimum Gasteiger partial charge on any atom is -0.471 e. The quantitative estimate of drug-likeness (QED) is 0.622. The van der Waals surface area contributed by atoms with Gasteiger partial charge < -0.3 is 9.72 Å². The SMILES string of the molecule is c1ccc2c(COc3nccc4[nH]cnc34)csc2c1. The fraction of sp³-hybridized carbons (Fsp3) is 0.0667. The van der Waals surface area contributed by atoms with Gasteiger partial charge in [-0.2, -0.15) is 0 Å². The largest absolute Gasteiger partial charge is 0.471 e. The van der Waals surface area contributed by atoms with Gasteiger partial charge in [0.15, 0.2) is 5.52 Å². The van der Waals surface area contributed by atoms with Crippen molar-refractivity contribution in [3.05, 3.63) is 53.8 Å². The van der Waals surface area contributed by atoms with Crippen LogP contribution >= 0.6 is 11.3 Å². The summed E-state index contributed by atoms with van der Waals surface area (Å²) in [6.45, 7) is 0.503. The lowest BCUT2D eigenvalue weighted by Crippen LogP contribution is -1.97. The Bertz CT molecular complexity index is 881. The highest BCUT2D eigenvalue weighted by Gasteiger charge is 2.08. The molecule has 5 heteroatoms. The van der Waals surface area contributed by atoms with Crippen LogP contribution in [0, 0.1) is 0 Å². The molecule has 0 aliphatic carbocycles. The zero-order valence-corrected chi connectivity index (χ0v) is 11.4. The Morgan fingerprint density at radius 1 is 1.15 bits per heavy atom. The summed E-state index contributed by atoms with van der Waals surface area (Å²) < 4.78 is 7.12. The van der Waals surface area contributed by atoms with Crippen LogP contribution in [0.2, 0.25) is 0 Å². The maximum atomic E-state index is 5.84. The Labute approximate surface area is 119 Å². The van der Waals surface area contributed by atoms with E-state index in [1.54, 1.807) is 23.9 Å². The molecular formula is C15H11N3OS. The van der Waals surface area contributed by atoms with Crippen molar-refractivity contribution in [1.29, 1.82) is 0 Å². The van der Waals surface area contributed by atoms with Crippen LogP contribution in [-0.4, -0.2) is 15.0 Å². The lowest BCUT2D eigenvalue weighted by molar-refractivity contribution is 0.299. The predicted octanol–water partition coefficient (Wildman–Crippen LogP) is 3.75. The number of aromatic amines is 1. The number of ether oxygens (including phenoxy) is 1. The van der Waals surface area contributed by atoms with E-state index < -0.39 is 0 Å². The predicted molar refractivity (Wildman–Crippen MR) is 80.0 cm³/mol. The number of thiophene rings is 1. The molecule has 0 aliphatic heterocycles. The van der Waals surface area contributed by atoms with Gasteiger partial charge >= 0.3 is 0 Å². The molecule has 1 aromatic carbocycles. The van der Waals surface area contributed by atoms with Gasteiger partial charge in [0.05, 0.1) is 11.8 Å². The summed E-state index contributed by atoms with van der Waals surface area (Å²) in [6.07, 6.45) is 3.38. The summed E-state index contributed by atoms with van der Waals surface area (Å²) in [7, 11) is 0. The first kappa shape index (κ1) is 11.4. The lowest BCUT2D eigenvalue weighted by Gasteiger charge is -2.04. The summed E-state index contributed by atoms with van der Waals surface area (Å²) in [5.41, 5.74) is 2.89. The van der Waals surface area contributed by atoms with Gasteiger partial charge in [0.2, 0.25) is 5.88 Å². The molecule has 0 unspecified atom stereocenters. The molecule has 1 N–H and O–H groups in total. The Kier molecular flexibility index (Phi) is 2.63. The Hall–Kier alpha value is -2.40. The number of fused-ring (bicyclic) bond motifs is 2. The first-order valence-electron chi connectivity index (χ1n) is 6.28. The molecule has 0 aliphatic rings. The maximum Gasteiger partial charge on any atom is 0.242 e. The minimum atomic E-state index is 0.503. The fourth-order valence-corrected chi connectivity index (χ4v) is 3.19. The molecule has 3 aromatic heterocycles. The molecule has 4 aromatic rings. The van der Waals surface area contributed by atoms with Gasteiger partial charge in [-0.15, -0.1) is 11.3 Å². The highest BCUT2D eigenvalue weighted by atomic mass is 32.1. The van der Waals surface area contributed by atoms with E-state index in [4.69, 9.17) is 4.74 Å². The van der Waals surface area contributed by atoms with Crippen molar-refractivity contribution in [3.8, 4) is 5.88 Å². The number of nitrogens with zero attached hydrogens (tertiary/aromatic N) is 2. The monoisotopic (exact) mass is 281 g/mol. The molecule has 0 spiro atoms. The van der Waals surface area contributed by atoms with E-state index in [2.05, 4.69) is 38.5 Å². The molecule has 0 radical (unpaired) electrons. The van der Waals surface area contributed by atoms with Crippen LogP contribution in [0.25, 0.3) is 21.1 Å². The highest BCUT2D eigenvalue weighted by Crippen LogP contribution is 2.27. The van der Waals surface area contributed by atoms with Gasteiger partial charge in [-0.1, -0.05) is 18.2 Å². The third-order valence-corrected chi connectivity index (χ3v) is 4.24. The molecule has 0 saturated carbocycles. The molecule has 0 amide bonds. The topological polar surface area (TPSA) is 50.8 Å². The standard InChI is InChI=1S/C15H11N3OS/c1-2-4-13-11(3-1)10(8-20-13)7-19-15-14-12(5-6-16-15)17-9-18-14/h1-6,8-9H,7H2,(H,17,18). The van der Waals surface area contributed by atoms with Crippen LogP contribution in [0.1, 0.15) is 5.56 Å². The first-order chi connectivity index (χ1) is 9.92. The van der Waals surface area contributed by atoms with Crippen molar-refractivity contribution < 1.29 is 4.74 Å². The van der Waals surface area contributed by atoms with Gasteiger partial charge in [0.1, 0.15) is 6.61 Å². The smallest absolute Gasteiger partial charge is 0.242 e. The molecule has 4 rings (SSSR count). The van der Waals surface area contributed by atoms with Crippen LogP contribution < -0.4 is 4.74 Å². The van der Waals surface area contributed by atoms with E-state index in [0.717, 1.165) is 11.0 Å². The minimum absolute atomic E-state index is 0.503. The molecule has 0 bridgehead atoms. The van der Waals surface area contributed by atoms with Crippen molar-refractivity contribution in [1.82, 2.24) is 15.0 Å². The van der Waals surface area contributed by atoms with Crippen molar-refractivity contribution in [3.63, 3.8) is 0 Å². The molecule has 4 nitrogen and oxygen atoms in total. The summed E-state index contributed by atoms with van der Waals surface area (Å²) in [4.78, 5) is 11.6. The number of benzene rings is 1. The second-order valence-electron chi connectivity index (χ2n) is 4.46. The van der Waals surface area contributed by atoms with Crippen LogP contribution in [0.4, 0.5) is 0 Å². The van der Waals surface area contributed by atoms with Crippen molar-refractivity contribution in [2.24, 2.45) is 0 Å². The van der Waals surface area contributed by atoms with Gasteiger partial charge in [0.25, 0.3) is 0 Å². The average Bonchev–Trinajstić information content (AvgIpc) is 3.12. The third-order valence-electron chi connectivity index (χ3n) is 3.23. The summed E-state index contributed by atoms with van der Waals surface area (Å²) in [6, 6.07) is 10.2. The Morgan fingerprint density at radius 3 is 3.10 bits per heavy atom. The van der Waals surface area contributed by atoms with Gasteiger partial charge in [0, 0.05) is 16.5 Å². The maximum absolute atomic E-state index is 5.84. The van der Waals surface area contributed by atoms with Gasteiger partial charge in [-0.05, 0) is 22.9 Å². The molecule has 3 heterocycles. The molecule has 98 valence electrons. The lowest BCUT2D eigenvalue weighted by atomic mass is 10.2. The summed E-state index contributed by atoms with van der Waals surface area (Å²) >= 11 is 1.73. The number of pyridine rings is 1. The number of imidazole rings is 1. The Balaban J connectivity index is 1.66. The zero-order chi connectivity index (χ0) is 13.4. The summed E-state index contributed by atoms with van der Waals surface area (Å²) in [5.74, 6) is 0.569. The first-order valence-corrected chi connectivity index (χ1v) is 7.16. The summed E-state index contributed by atoms with van der Waals surface area (Å²) in [5, 5.41) is 3.38. The van der Waals surface area contributed by atoms with E-state index in [1.165, 1.54) is 15.6 Å². The number of aromatic nitrogens is 3. The van der Waals surface area contributed by atoms with E-state index in [0.29, 0.717) is 12.5 Å². The number of hydrogen-bond donors (Lipinski definition) is 1. The van der Waals surface area contributed by atoms with Crippen LogP contribution in [0.3, 0.4) is 0 Å². The van der Waals surface area contributed by atoms with Crippen LogP contribution in [0.5, 0.6) is 5.88 Å². The molecule has 20 heavy (non-hydrogen) atoms. The zero-order valence-electron chi connectivity index (χ0n) is 10.5. The molecule has 0 atom stereocenters. The normalized spacial score (nSPS) is 11.2. The molecule has 0 fully saturated rings. The number of rotatable bonds is 3. The van der Waals surface area contributed by atoms with Crippen molar-refractivity contribution in [2.75, 3.05) is 0 Å². The van der Waals surface area contributed by atoms with Gasteiger partial charge in [-0.3, -0.25) is 0 Å². The molecule has 0 saturated heterocycles. The number of hydrogen-bond acceptors (Lipinski definition) is 4. The van der Waals surface area contributed by atoms with E-state index >= 15 is 0 Å². The van der Waals surface area contributed by atoms with E-state index in [9.17, 15) is 0 Å². The van der Waals surface area contributed by atoms with Gasteiger partial charge in [-0.25, -0.2) is 9.97 Å². The highest BCUT2D eigenvalue weighted by molar-refractivity contribution is 7.17. The van der Waals surface area contributed by atoms with Crippen LogP contribution in [0.15, 0.2) is 48.2 Å². The third kappa shape index (κ3) is 1.83. The van der Waals surface area contributed by atoms with Crippen molar-refractivity contribution in [2.45, 2.75) is 6.61 Å². The second kappa shape index (κ2) is 4.61. The Morgan fingerprint density at radius 2 is 2.10 bits per heavy atom. The fourth-order valence-electron chi connectivity index (χ4n) is 2.24. The second-order valence-corrected chi connectivity index (χ2v) is 5.37. The number of H-pyrrole nitrogens is 1.